The lowest BCUT2D eigenvalue weighted by Gasteiger charge is -2.24. The molecule has 7 heteroatoms. The van der Waals surface area contributed by atoms with Gasteiger partial charge in [-0.3, -0.25) is 0 Å². The highest BCUT2D eigenvalue weighted by Gasteiger charge is 2.36. The number of hydrogen-bond donors (Lipinski definition) is 1. The van der Waals surface area contributed by atoms with E-state index >= 15 is 0 Å². The Labute approximate surface area is 131 Å². The molecule has 0 aromatic heterocycles. The second-order valence-corrected chi connectivity index (χ2v) is 7.58. The fourth-order valence-corrected chi connectivity index (χ4v) is 4.73. The van der Waals surface area contributed by atoms with E-state index < -0.39 is 15.8 Å². The first-order valence-corrected chi connectivity index (χ1v) is 8.44. The smallest absolute Gasteiger partial charge is 0.246 e. The van der Waals surface area contributed by atoms with Crippen LogP contribution in [0.1, 0.15) is 24.8 Å². The Balaban J connectivity index is 0.00000161. The molecule has 1 aromatic rings. The van der Waals surface area contributed by atoms with Crippen LogP contribution in [0.2, 0.25) is 0 Å². The molecule has 21 heavy (non-hydrogen) atoms. The number of rotatable bonds is 2. The van der Waals surface area contributed by atoms with Gasteiger partial charge in [0.2, 0.25) is 10.0 Å². The molecule has 0 spiro atoms. The highest BCUT2D eigenvalue weighted by atomic mass is 35.5. The molecule has 2 aliphatic rings. The van der Waals surface area contributed by atoms with E-state index in [4.69, 9.17) is 0 Å². The van der Waals surface area contributed by atoms with Crippen LogP contribution in [0.4, 0.5) is 4.39 Å². The topological polar surface area (TPSA) is 49.4 Å². The van der Waals surface area contributed by atoms with Crippen LogP contribution in [0.5, 0.6) is 0 Å². The van der Waals surface area contributed by atoms with Gasteiger partial charge in [-0.2, -0.15) is 4.31 Å². The Morgan fingerprint density at radius 2 is 1.95 bits per heavy atom. The van der Waals surface area contributed by atoms with Crippen LogP contribution in [0, 0.1) is 12.7 Å². The minimum absolute atomic E-state index is 0. The van der Waals surface area contributed by atoms with Crippen molar-refractivity contribution in [3.8, 4) is 0 Å². The molecule has 2 fully saturated rings. The van der Waals surface area contributed by atoms with Crippen molar-refractivity contribution < 1.29 is 12.8 Å². The van der Waals surface area contributed by atoms with Gasteiger partial charge in [-0.05, 0) is 37.8 Å². The summed E-state index contributed by atoms with van der Waals surface area (Å²) in [4.78, 5) is -0.199. The van der Waals surface area contributed by atoms with Crippen LogP contribution in [0.25, 0.3) is 0 Å². The minimum Gasteiger partial charge on any atom is -0.310 e. The summed E-state index contributed by atoms with van der Waals surface area (Å²) in [7, 11) is -3.74. The molecule has 0 radical (unpaired) electrons. The van der Waals surface area contributed by atoms with Crippen molar-refractivity contribution in [2.75, 3.05) is 13.1 Å². The van der Waals surface area contributed by atoms with Crippen molar-refractivity contribution in [1.29, 1.82) is 0 Å². The van der Waals surface area contributed by atoms with Crippen molar-refractivity contribution in [3.63, 3.8) is 0 Å². The number of halogens is 2. The zero-order valence-corrected chi connectivity index (χ0v) is 13.5. The molecule has 2 bridgehead atoms. The van der Waals surface area contributed by atoms with Crippen LogP contribution in [-0.2, 0) is 10.0 Å². The van der Waals surface area contributed by atoms with E-state index in [-0.39, 0.29) is 23.3 Å². The highest BCUT2D eigenvalue weighted by molar-refractivity contribution is 7.89. The largest absolute Gasteiger partial charge is 0.310 e. The van der Waals surface area contributed by atoms with Crippen molar-refractivity contribution in [2.45, 2.75) is 43.2 Å². The van der Waals surface area contributed by atoms with Gasteiger partial charge in [-0.25, -0.2) is 12.8 Å². The molecule has 2 atom stereocenters. The van der Waals surface area contributed by atoms with E-state index in [1.165, 1.54) is 10.4 Å². The van der Waals surface area contributed by atoms with Crippen LogP contribution in [0.3, 0.4) is 0 Å². The summed E-state index contributed by atoms with van der Waals surface area (Å²) >= 11 is 0. The zero-order valence-electron chi connectivity index (χ0n) is 11.9. The van der Waals surface area contributed by atoms with Crippen LogP contribution in [-0.4, -0.2) is 37.9 Å². The molecule has 3 rings (SSSR count). The van der Waals surface area contributed by atoms with Gasteiger partial charge in [0.15, 0.2) is 0 Å². The molecule has 1 aromatic carbocycles. The second kappa shape index (κ2) is 6.20. The lowest BCUT2D eigenvalue weighted by molar-refractivity contribution is 0.381. The monoisotopic (exact) mass is 334 g/mol. The number of sulfonamides is 1. The summed E-state index contributed by atoms with van der Waals surface area (Å²) in [5.41, 5.74) is 0.362. The van der Waals surface area contributed by atoms with Gasteiger partial charge in [0.1, 0.15) is 10.7 Å². The van der Waals surface area contributed by atoms with Gasteiger partial charge in [-0.1, -0.05) is 12.1 Å². The van der Waals surface area contributed by atoms with Gasteiger partial charge in [0.25, 0.3) is 0 Å². The normalized spacial score (nSPS) is 26.2. The zero-order chi connectivity index (χ0) is 14.3. The van der Waals surface area contributed by atoms with Crippen LogP contribution < -0.4 is 5.32 Å². The maximum atomic E-state index is 14.1. The minimum atomic E-state index is -3.74. The van der Waals surface area contributed by atoms with E-state index in [0.717, 1.165) is 19.3 Å². The summed E-state index contributed by atoms with van der Waals surface area (Å²) in [6.45, 7) is 2.48. The second-order valence-electron chi connectivity index (χ2n) is 5.68. The summed E-state index contributed by atoms with van der Waals surface area (Å²) in [5.74, 6) is -0.630. The maximum Gasteiger partial charge on any atom is 0.246 e. The number of hydrogen-bond acceptors (Lipinski definition) is 3. The Bertz CT molecular complexity index is 623. The quantitative estimate of drug-likeness (QED) is 0.900. The fourth-order valence-electron chi connectivity index (χ4n) is 3.09. The molecule has 0 amide bonds. The lowest BCUT2D eigenvalue weighted by Crippen LogP contribution is -2.39. The van der Waals surface area contributed by atoms with E-state index in [2.05, 4.69) is 5.32 Å². The average Bonchev–Trinajstić information content (AvgIpc) is 2.71. The van der Waals surface area contributed by atoms with Crippen molar-refractivity contribution in [1.82, 2.24) is 9.62 Å². The molecular weight excluding hydrogens is 315 g/mol. The molecule has 0 aliphatic carbocycles. The lowest BCUT2D eigenvalue weighted by atomic mass is 10.1. The Morgan fingerprint density at radius 1 is 1.24 bits per heavy atom. The SMILES string of the molecule is Cc1cccc(S(=O)(=O)N2CCC3CCC(C2)N3)c1F.Cl. The molecular formula is C14H20ClFN2O2S. The first-order chi connectivity index (χ1) is 9.48. The van der Waals surface area contributed by atoms with Gasteiger partial charge < -0.3 is 5.32 Å². The van der Waals surface area contributed by atoms with E-state index in [1.807, 2.05) is 0 Å². The first kappa shape index (κ1) is 16.7. The van der Waals surface area contributed by atoms with Crippen molar-refractivity contribution >= 4 is 22.4 Å². The third-order valence-electron chi connectivity index (χ3n) is 4.26. The van der Waals surface area contributed by atoms with Gasteiger partial charge in [0, 0.05) is 25.2 Å². The third-order valence-corrected chi connectivity index (χ3v) is 6.14. The standard InChI is InChI=1S/C14H19FN2O2S.ClH/c1-10-3-2-4-13(14(10)15)20(18,19)17-8-7-11-5-6-12(9-17)16-11;/h2-4,11-12,16H,5-9H2,1H3;1H. The number of nitrogens with one attached hydrogen (secondary N) is 1. The predicted molar refractivity (Wildman–Crippen MR) is 81.7 cm³/mol. The van der Waals surface area contributed by atoms with E-state index in [9.17, 15) is 12.8 Å². The molecule has 0 saturated carbocycles. The van der Waals surface area contributed by atoms with Crippen LogP contribution in [0.15, 0.2) is 23.1 Å². The van der Waals surface area contributed by atoms with Gasteiger partial charge in [0.05, 0.1) is 0 Å². The van der Waals surface area contributed by atoms with Gasteiger partial charge in [-0.15, -0.1) is 12.4 Å². The number of fused-ring (bicyclic) bond motifs is 2. The molecule has 2 saturated heterocycles. The van der Waals surface area contributed by atoms with Crippen LogP contribution >= 0.6 is 12.4 Å². The van der Waals surface area contributed by atoms with E-state index in [1.54, 1.807) is 19.1 Å². The fraction of sp³-hybridized carbons (Fsp3) is 0.571. The highest BCUT2D eigenvalue weighted by Crippen LogP contribution is 2.27. The molecule has 2 unspecified atom stereocenters. The maximum absolute atomic E-state index is 14.1. The first-order valence-electron chi connectivity index (χ1n) is 7.00. The van der Waals surface area contributed by atoms with Gasteiger partial charge >= 0.3 is 0 Å². The molecule has 2 aliphatic heterocycles. The number of nitrogens with zero attached hydrogens (tertiary/aromatic N) is 1. The Kier molecular flexibility index (Phi) is 4.92. The number of aryl methyl sites for hydroxylation is 1. The van der Waals surface area contributed by atoms with E-state index in [0.29, 0.717) is 24.7 Å². The molecule has 118 valence electrons. The summed E-state index contributed by atoms with van der Waals surface area (Å²) in [6.07, 6.45) is 2.90. The predicted octanol–water partition coefficient (Wildman–Crippen LogP) is 2.07. The molecule has 2 heterocycles. The Morgan fingerprint density at radius 3 is 2.71 bits per heavy atom. The number of benzene rings is 1. The summed E-state index contributed by atoms with van der Waals surface area (Å²) in [6, 6.07) is 5.13. The Hall–Kier alpha value is -0.690. The average molecular weight is 335 g/mol. The third kappa shape index (κ3) is 3.08. The summed E-state index contributed by atoms with van der Waals surface area (Å²) < 4.78 is 40.8. The molecule has 4 nitrogen and oxygen atoms in total. The van der Waals surface area contributed by atoms with Crippen molar-refractivity contribution in [2.24, 2.45) is 0 Å². The van der Waals surface area contributed by atoms with Crippen molar-refractivity contribution in [3.05, 3.63) is 29.6 Å². The molecule has 1 N–H and O–H groups in total. The summed E-state index contributed by atoms with van der Waals surface area (Å²) in [5, 5.41) is 3.43.